The van der Waals surface area contributed by atoms with Gasteiger partial charge in [-0.3, -0.25) is 30.0 Å². The fourth-order valence-electron chi connectivity index (χ4n) is 3.32. The number of non-ortho nitro benzene ring substituents is 1. The number of nitrogens with zero attached hydrogens (tertiary/aromatic N) is 3. The molecular formula is C21H20N4O6S2. The number of furan rings is 1. The average molecular weight is 489 g/mol. The van der Waals surface area contributed by atoms with Crippen molar-refractivity contribution in [1.82, 2.24) is 15.3 Å². The largest absolute Gasteiger partial charge is 0.457 e. The first-order chi connectivity index (χ1) is 15.9. The Labute approximate surface area is 198 Å². The second-order valence-corrected chi connectivity index (χ2v) is 8.94. The molecule has 2 aromatic rings. The smallest absolute Gasteiger partial charge is 0.285 e. The predicted octanol–water partition coefficient (Wildman–Crippen LogP) is 2.81. The van der Waals surface area contributed by atoms with E-state index in [1.54, 1.807) is 24.3 Å². The fourth-order valence-corrected chi connectivity index (χ4v) is 4.48. The number of amides is 2. The zero-order valence-corrected chi connectivity index (χ0v) is 19.0. The molecule has 0 radical (unpaired) electrons. The molecule has 0 saturated carbocycles. The van der Waals surface area contributed by atoms with Gasteiger partial charge in [-0.1, -0.05) is 23.9 Å². The molecule has 2 saturated heterocycles. The summed E-state index contributed by atoms with van der Waals surface area (Å²) >= 11 is 6.30. The highest BCUT2D eigenvalue weighted by molar-refractivity contribution is 8.26. The molecular weight excluding hydrogens is 468 g/mol. The SMILES string of the molecule is O=C(CCN1CCOCC1)NN1C(=O)/C(=C\c2ccc(-c3cccc([N+](=O)[O-])c3)o2)SC1=S. The fraction of sp³-hybridized carbons (Fsp3) is 0.286. The highest BCUT2D eigenvalue weighted by Crippen LogP contribution is 2.33. The van der Waals surface area contributed by atoms with Crippen LogP contribution in [0.3, 0.4) is 0 Å². The summed E-state index contributed by atoms with van der Waals surface area (Å²) in [6, 6.07) is 9.40. The molecule has 0 aliphatic carbocycles. The minimum Gasteiger partial charge on any atom is -0.457 e. The number of thiocarbonyl (C=S) groups is 1. The third kappa shape index (κ3) is 5.66. The van der Waals surface area contributed by atoms with Gasteiger partial charge in [-0.2, -0.15) is 5.01 Å². The number of hydrogen-bond donors (Lipinski definition) is 1. The molecule has 0 bridgehead atoms. The Hall–Kier alpha value is -3.06. The zero-order chi connectivity index (χ0) is 23.4. The highest BCUT2D eigenvalue weighted by Gasteiger charge is 2.34. The van der Waals surface area contributed by atoms with Gasteiger partial charge in [0.15, 0.2) is 4.32 Å². The third-order valence-electron chi connectivity index (χ3n) is 5.03. The standard InChI is InChI=1S/C21H20N4O6S2/c26-19(6-7-23-8-10-30-11-9-23)22-24-20(27)18(33-21(24)32)13-16-4-5-17(31-16)14-2-1-3-15(12-14)25(28)29/h1-5,12-13H,6-11H2,(H,22,26)/b18-13+. The van der Waals surface area contributed by atoms with E-state index in [1.165, 1.54) is 18.2 Å². The molecule has 1 aromatic carbocycles. The molecule has 4 rings (SSSR count). The second-order valence-electron chi connectivity index (χ2n) is 7.27. The molecule has 2 aliphatic heterocycles. The molecule has 2 fully saturated rings. The van der Waals surface area contributed by atoms with Crippen LogP contribution in [0.5, 0.6) is 0 Å². The minimum atomic E-state index is -0.478. The zero-order valence-electron chi connectivity index (χ0n) is 17.4. The number of carbonyl (C=O) groups excluding carboxylic acids is 2. The van der Waals surface area contributed by atoms with Crippen LogP contribution in [0, 0.1) is 10.1 Å². The Bertz CT molecular complexity index is 1130. The number of hydrogen-bond acceptors (Lipinski definition) is 9. The number of hydrazine groups is 1. The summed E-state index contributed by atoms with van der Waals surface area (Å²) in [5.41, 5.74) is 3.07. The first kappa shape index (κ1) is 23.1. The van der Waals surface area contributed by atoms with Crippen LogP contribution >= 0.6 is 24.0 Å². The third-order valence-corrected chi connectivity index (χ3v) is 6.33. The van der Waals surface area contributed by atoms with E-state index < -0.39 is 10.8 Å². The lowest BCUT2D eigenvalue weighted by Gasteiger charge is -2.26. The number of morpholine rings is 1. The molecule has 3 heterocycles. The first-order valence-corrected chi connectivity index (χ1v) is 11.4. The summed E-state index contributed by atoms with van der Waals surface area (Å²) in [4.78, 5) is 38.0. The van der Waals surface area contributed by atoms with Crippen molar-refractivity contribution < 1.29 is 23.7 Å². The Kier molecular flexibility index (Phi) is 7.18. The summed E-state index contributed by atoms with van der Waals surface area (Å²) < 4.78 is 11.2. The van der Waals surface area contributed by atoms with Crippen LogP contribution in [0.25, 0.3) is 17.4 Å². The van der Waals surface area contributed by atoms with Gasteiger partial charge in [0, 0.05) is 49.8 Å². The Morgan fingerprint density at radius 1 is 1.27 bits per heavy atom. The topological polar surface area (TPSA) is 118 Å². The van der Waals surface area contributed by atoms with Gasteiger partial charge in [0.05, 0.1) is 23.0 Å². The Balaban J connectivity index is 1.39. The van der Waals surface area contributed by atoms with Gasteiger partial charge in [-0.25, -0.2) is 0 Å². The molecule has 172 valence electrons. The van der Waals surface area contributed by atoms with E-state index in [4.69, 9.17) is 21.4 Å². The van der Waals surface area contributed by atoms with Gasteiger partial charge < -0.3 is 9.15 Å². The molecule has 12 heteroatoms. The normalized spacial score (nSPS) is 18.2. The van der Waals surface area contributed by atoms with E-state index in [0.717, 1.165) is 29.9 Å². The number of rotatable bonds is 7. The minimum absolute atomic E-state index is 0.0457. The van der Waals surface area contributed by atoms with Crippen molar-refractivity contribution in [3.05, 3.63) is 57.2 Å². The number of nitro groups is 1. The molecule has 0 atom stereocenters. The molecule has 2 aliphatic rings. The second kappa shape index (κ2) is 10.3. The maximum absolute atomic E-state index is 12.7. The van der Waals surface area contributed by atoms with Gasteiger partial charge in [0.25, 0.3) is 11.6 Å². The maximum Gasteiger partial charge on any atom is 0.285 e. The van der Waals surface area contributed by atoms with E-state index in [2.05, 4.69) is 10.3 Å². The van der Waals surface area contributed by atoms with Crippen LogP contribution in [0.4, 0.5) is 5.69 Å². The first-order valence-electron chi connectivity index (χ1n) is 10.1. The van der Waals surface area contributed by atoms with Crippen molar-refractivity contribution >= 4 is 51.9 Å². The van der Waals surface area contributed by atoms with Gasteiger partial charge >= 0.3 is 0 Å². The molecule has 10 nitrogen and oxygen atoms in total. The lowest BCUT2D eigenvalue weighted by molar-refractivity contribution is -0.384. The number of ether oxygens (including phenoxy) is 1. The molecule has 33 heavy (non-hydrogen) atoms. The van der Waals surface area contributed by atoms with Gasteiger partial charge in [-0.15, -0.1) is 0 Å². The van der Waals surface area contributed by atoms with Crippen molar-refractivity contribution in [1.29, 1.82) is 0 Å². The highest BCUT2D eigenvalue weighted by atomic mass is 32.2. The van der Waals surface area contributed by atoms with E-state index >= 15 is 0 Å². The summed E-state index contributed by atoms with van der Waals surface area (Å²) in [5.74, 6) is 0.0653. The number of thioether (sulfide) groups is 1. The maximum atomic E-state index is 12.7. The van der Waals surface area contributed by atoms with Crippen molar-refractivity contribution in [3.63, 3.8) is 0 Å². The summed E-state index contributed by atoms with van der Waals surface area (Å²) in [7, 11) is 0. The van der Waals surface area contributed by atoms with Crippen molar-refractivity contribution in [3.8, 4) is 11.3 Å². The van der Waals surface area contributed by atoms with Crippen LogP contribution in [0.15, 0.2) is 45.7 Å². The summed E-state index contributed by atoms with van der Waals surface area (Å²) in [6.45, 7) is 3.43. The van der Waals surface area contributed by atoms with Gasteiger partial charge in [0.2, 0.25) is 5.91 Å². The van der Waals surface area contributed by atoms with Crippen LogP contribution in [-0.4, -0.2) is 63.8 Å². The molecule has 0 spiro atoms. The lowest BCUT2D eigenvalue weighted by Crippen LogP contribution is -2.46. The van der Waals surface area contributed by atoms with Crippen molar-refractivity contribution in [2.24, 2.45) is 0 Å². The average Bonchev–Trinajstić information content (AvgIpc) is 3.39. The number of nitro benzene ring substituents is 1. The van der Waals surface area contributed by atoms with Crippen LogP contribution in [0.1, 0.15) is 12.2 Å². The summed E-state index contributed by atoms with van der Waals surface area (Å²) in [6.07, 6.45) is 1.76. The molecule has 1 N–H and O–H groups in total. The van der Waals surface area contributed by atoms with Crippen molar-refractivity contribution in [2.75, 3.05) is 32.8 Å². The van der Waals surface area contributed by atoms with Crippen LogP contribution in [0.2, 0.25) is 0 Å². The number of benzene rings is 1. The number of carbonyl (C=O) groups is 2. The quantitative estimate of drug-likeness (QED) is 0.272. The predicted molar refractivity (Wildman–Crippen MR) is 126 cm³/mol. The van der Waals surface area contributed by atoms with Gasteiger partial charge in [0.1, 0.15) is 11.5 Å². The molecule has 0 unspecified atom stereocenters. The van der Waals surface area contributed by atoms with Crippen LogP contribution < -0.4 is 5.43 Å². The van der Waals surface area contributed by atoms with Crippen molar-refractivity contribution in [2.45, 2.75) is 6.42 Å². The lowest BCUT2D eigenvalue weighted by atomic mass is 10.1. The Morgan fingerprint density at radius 3 is 2.82 bits per heavy atom. The van der Waals surface area contributed by atoms with E-state index in [1.807, 2.05) is 0 Å². The van der Waals surface area contributed by atoms with E-state index in [0.29, 0.717) is 41.7 Å². The molecule has 2 amide bonds. The number of nitrogens with one attached hydrogen (secondary N) is 1. The van der Waals surface area contributed by atoms with E-state index in [9.17, 15) is 19.7 Å². The van der Waals surface area contributed by atoms with E-state index in [-0.39, 0.29) is 22.3 Å². The molecule has 1 aromatic heterocycles. The monoisotopic (exact) mass is 488 g/mol. The van der Waals surface area contributed by atoms with Crippen LogP contribution in [-0.2, 0) is 14.3 Å². The van der Waals surface area contributed by atoms with Gasteiger partial charge in [-0.05, 0) is 24.4 Å². The summed E-state index contributed by atoms with van der Waals surface area (Å²) in [5, 5.41) is 12.1. The Morgan fingerprint density at radius 2 is 2.06 bits per heavy atom.